The predicted molar refractivity (Wildman–Crippen MR) is 56.9 cm³/mol. The Labute approximate surface area is 87.9 Å². The van der Waals surface area contributed by atoms with Crippen LogP contribution in [0.25, 0.3) is 0 Å². The van der Waals surface area contributed by atoms with Gasteiger partial charge in [0.15, 0.2) is 5.78 Å². The number of ketones is 1. The van der Waals surface area contributed by atoms with Gasteiger partial charge in [0.25, 0.3) is 0 Å². The highest BCUT2D eigenvalue weighted by molar-refractivity contribution is 7.14. The van der Waals surface area contributed by atoms with E-state index in [1.807, 2.05) is 26.0 Å². The Bertz CT molecular complexity index is 343. The average Bonchev–Trinajstić information content (AvgIpc) is 2.73. The molecule has 2 nitrogen and oxygen atoms in total. The number of ether oxygens (including phenoxy) is 1. The normalized spacial score (nSPS) is 26.7. The van der Waals surface area contributed by atoms with E-state index in [2.05, 4.69) is 0 Å². The largest absolute Gasteiger partial charge is 0.378 e. The SMILES string of the molecule is Cc1ccc(C(=O)C2COC(C)C2)s1. The molecule has 0 saturated carbocycles. The van der Waals surface area contributed by atoms with Gasteiger partial charge in [0.05, 0.1) is 17.6 Å². The molecular weight excluding hydrogens is 196 g/mol. The zero-order chi connectivity index (χ0) is 10.1. The van der Waals surface area contributed by atoms with Crippen LogP contribution in [-0.2, 0) is 4.74 Å². The van der Waals surface area contributed by atoms with Gasteiger partial charge >= 0.3 is 0 Å². The molecule has 76 valence electrons. The fourth-order valence-corrected chi connectivity index (χ4v) is 2.65. The van der Waals surface area contributed by atoms with E-state index in [0.717, 1.165) is 11.3 Å². The summed E-state index contributed by atoms with van der Waals surface area (Å²) in [5.74, 6) is 0.343. The molecule has 0 spiro atoms. The minimum absolute atomic E-state index is 0.0862. The first-order valence-corrected chi connectivity index (χ1v) is 5.70. The lowest BCUT2D eigenvalue weighted by Crippen LogP contribution is -2.13. The van der Waals surface area contributed by atoms with E-state index >= 15 is 0 Å². The van der Waals surface area contributed by atoms with Crippen molar-refractivity contribution >= 4 is 17.1 Å². The maximum absolute atomic E-state index is 11.9. The lowest BCUT2D eigenvalue weighted by Gasteiger charge is -2.03. The molecule has 0 radical (unpaired) electrons. The van der Waals surface area contributed by atoms with Crippen molar-refractivity contribution in [2.45, 2.75) is 26.4 Å². The third kappa shape index (κ3) is 1.88. The number of hydrogen-bond donors (Lipinski definition) is 0. The second-order valence-electron chi connectivity index (χ2n) is 3.85. The zero-order valence-electron chi connectivity index (χ0n) is 8.45. The summed E-state index contributed by atoms with van der Waals surface area (Å²) in [4.78, 5) is 14.0. The molecule has 1 saturated heterocycles. The summed E-state index contributed by atoms with van der Waals surface area (Å²) < 4.78 is 5.40. The highest BCUT2D eigenvalue weighted by Crippen LogP contribution is 2.26. The van der Waals surface area contributed by atoms with E-state index < -0.39 is 0 Å². The number of thiophene rings is 1. The van der Waals surface area contributed by atoms with Crippen LogP contribution in [0, 0.1) is 12.8 Å². The second kappa shape index (κ2) is 3.83. The van der Waals surface area contributed by atoms with E-state index in [-0.39, 0.29) is 17.8 Å². The molecule has 2 atom stereocenters. The van der Waals surface area contributed by atoms with Crippen LogP contribution in [0.2, 0.25) is 0 Å². The van der Waals surface area contributed by atoms with Crippen molar-refractivity contribution in [3.8, 4) is 0 Å². The zero-order valence-corrected chi connectivity index (χ0v) is 9.26. The number of carbonyl (C=O) groups is 1. The molecule has 2 rings (SSSR count). The van der Waals surface area contributed by atoms with E-state index in [1.165, 1.54) is 4.88 Å². The summed E-state index contributed by atoms with van der Waals surface area (Å²) in [6.45, 7) is 4.64. The van der Waals surface area contributed by atoms with Crippen molar-refractivity contribution in [1.82, 2.24) is 0 Å². The van der Waals surface area contributed by atoms with Gasteiger partial charge in [0.2, 0.25) is 0 Å². The fraction of sp³-hybridized carbons (Fsp3) is 0.545. The first-order chi connectivity index (χ1) is 6.66. The number of aryl methyl sites for hydroxylation is 1. The van der Waals surface area contributed by atoms with Gasteiger partial charge in [-0.05, 0) is 32.4 Å². The minimum atomic E-state index is 0.0862. The maximum atomic E-state index is 11.9. The summed E-state index contributed by atoms with van der Waals surface area (Å²) in [5.41, 5.74) is 0. The Morgan fingerprint density at radius 2 is 2.36 bits per heavy atom. The first kappa shape index (κ1) is 9.87. The fourth-order valence-electron chi connectivity index (χ4n) is 1.77. The number of carbonyl (C=O) groups excluding carboxylic acids is 1. The van der Waals surface area contributed by atoms with Crippen molar-refractivity contribution in [3.63, 3.8) is 0 Å². The van der Waals surface area contributed by atoms with Crippen molar-refractivity contribution in [1.29, 1.82) is 0 Å². The molecule has 0 aromatic carbocycles. The molecule has 1 aromatic rings. The molecule has 2 heterocycles. The maximum Gasteiger partial charge on any atom is 0.178 e. The van der Waals surface area contributed by atoms with Gasteiger partial charge in [-0.1, -0.05) is 0 Å². The number of rotatable bonds is 2. The van der Waals surface area contributed by atoms with Crippen LogP contribution in [0.1, 0.15) is 27.9 Å². The molecule has 1 aliphatic rings. The van der Waals surface area contributed by atoms with E-state index in [9.17, 15) is 4.79 Å². The molecule has 0 N–H and O–H groups in total. The highest BCUT2D eigenvalue weighted by atomic mass is 32.1. The van der Waals surface area contributed by atoms with Crippen LogP contribution < -0.4 is 0 Å². The van der Waals surface area contributed by atoms with Crippen molar-refractivity contribution < 1.29 is 9.53 Å². The van der Waals surface area contributed by atoms with E-state index in [0.29, 0.717) is 6.61 Å². The lowest BCUT2D eigenvalue weighted by atomic mass is 10.0. The van der Waals surface area contributed by atoms with Gasteiger partial charge in [-0.25, -0.2) is 0 Å². The Morgan fingerprint density at radius 3 is 2.86 bits per heavy atom. The molecule has 0 aliphatic carbocycles. The van der Waals surface area contributed by atoms with Crippen LogP contribution in [-0.4, -0.2) is 18.5 Å². The molecular formula is C11H14O2S. The van der Waals surface area contributed by atoms with Gasteiger partial charge in [0.1, 0.15) is 0 Å². The minimum Gasteiger partial charge on any atom is -0.378 e. The van der Waals surface area contributed by atoms with Gasteiger partial charge < -0.3 is 4.74 Å². The predicted octanol–water partition coefficient (Wildman–Crippen LogP) is 2.66. The molecule has 14 heavy (non-hydrogen) atoms. The van der Waals surface area contributed by atoms with Gasteiger partial charge in [-0.15, -0.1) is 11.3 Å². The summed E-state index contributed by atoms with van der Waals surface area (Å²) in [6, 6.07) is 3.92. The Hall–Kier alpha value is -0.670. The summed E-state index contributed by atoms with van der Waals surface area (Å²) in [6.07, 6.45) is 1.11. The second-order valence-corrected chi connectivity index (χ2v) is 5.14. The molecule has 3 heteroatoms. The Morgan fingerprint density at radius 1 is 1.57 bits per heavy atom. The number of hydrogen-bond acceptors (Lipinski definition) is 3. The summed E-state index contributed by atoms with van der Waals surface area (Å²) in [5, 5.41) is 0. The standard InChI is InChI=1S/C11H14O2S/c1-7-5-9(6-13-7)11(12)10-4-3-8(2)14-10/h3-4,7,9H,5-6H2,1-2H3. The van der Waals surface area contributed by atoms with E-state index in [4.69, 9.17) is 4.74 Å². The molecule has 0 amide bonds. The smallest absolute Gasteiger partial charge is 0.178 e. The first-order valence-electron chi connectivity index (χ1n) is 4.89. The van der Waals surface area contributed by atoms with E-state index in [1.54, 1.807) is 11.3 Å². The third-order valence-electron chi connectivity index (χ3n) is 2.55. The van der Waals surface area contributed by atoms with Crippen molar-refractivity contribution in [3.05, 3.63) is 21.9 Å². The molecule has 1 fully saturated rings. The summed E-state index contributed by atoms with van der Waals surface area (Å²) in [7, 11) is 0. The molecule has 1 aliphatic heterocycles. The quantitative estimate of drug-likeness (QED) is 0.701. The van der Waals surface area contributed by atoms with Crippen molar-refractivity contribution in [2.75, 3.05) is 6.61 Å². The van der Waals surface area contributed by atoms with Gasteiger partial charge in [-0.2, -0.15) is 0 Å². The summed E-state index contributed by atoms with van der Waals surface area (Å²) >= 11 is 1.58. The van der Waals surface area contributed by atoms with Crippen LogP contribution in [0.15, 0.2) is 12.1 Å². The number of Topliss-reactive ketones (excluding diaryl/α,β-unsaturated/α-hetero) is 1. The van der Waals surface area contributed by atoms with Crippen molar-refractivity contribution in [2.24, 2.45) is 5.92 Å². The van der Waals surface area contributed by atoms with Crippen LogP contribution in [0.4, 0.5) is 0 Å². The molecule has 1 aromatic heterocycles. The topological polar surface area (TPSA) is 26.3 Å². The van der Waals surface area contributed by atoms with Gasteiger partial charge in [0, 0.05) is 10.8 Å². The Balaban J connectivity index is 2.09. The lowest BCUT2D eigenvalue weighted by molar-refractivity contribution is 0.0881. The third-order valence-corrected chi connectivity index (χ3v) is 3.57. The van der Waals surface area contributed by atoms with Crippen LogP contribution >= 0.6 is 11.3 Å². The monoisotopic (exact) mass is 210 g/mol. The van der Waals surface area contributed by atoms with Gasteiger partial charge in [-0.3, -0.25) is 4.79 Å². The average molecular weight is 210 g/mol. The van der Waals surface area contributed by atoms with Crippen LogP contribution in [0.3, 0.4) is 0 Å². The molecule has 2 unspecified atom stereocenters. The highest BCUT2D eigenvalue weighted by Gasteiger charge is 2.29. The molecule has 0 bridgehead atoms. The van der Waals surface area contributed by atoms with Crippen LogP contribution in [0.5, 0.6) is 0 Å². The Kier molecular flexibility index (Phi) is 2.70.